The van der Waals surface area contributed by atoms with Crippen LogP contribution in [0, 0.1) is 18.7 Å². The number of aryl methyl sites for hydroxylation is 1. The van der Waals surface area contributed by atoms with Gasteiger partial charge in [-0.1, -0.05) is 56.0 Å². The van der Waals surface area contributed by atoms with Gasteiger partial charge in [0, 0.05) is 0 Å². The van der Waals surface area contributed by atoms with E-state index < -0.39 is 0 Å². The van der Waals surface area contributed by atoms with Crippen LogP contribution in [0.25, 0.3) is 16.7 Å². The first-order chi connectivity index (χ1) is 10.0. The fraction of sp³-hybridized carbons (Fsp3) is 0.200. The molecule has 1 heteroatoms. The lowest BCUT2D eigenvalue weighted by Gasteiger charge is -2.10. The second-order valence-corrected chi connectivity index (χ2v) is 5.56. The van der Waals surface area contributed by atoms with Gasteiger partial charge in [-0.05, 0) is 53.2 Å². The van der Waals surface area contributed by atoms with Crippen LogP contribution in [0.3, 0.4) is 0 Å². The van der Waals surface area contributed by atoms with Crippen LogP contribution < -0.4 is 0 Å². The maximum absolute atomic E-state index is 13.6. The van der Waals surface area contributed by atoms with Crippen LogP contribution in [0.5, 0.6) is 0 Å². The lowest BCUT2D eigenvalue weighted by Crippen LogP contribution is -1.92. The molecular weight excluding hydrogens is 259 g/mol. The van der Waals surface area contributed by atoms with Gasteiger partial charge in [-0.2, -0.15) is 0 Å². The largest absolute Gasteiger partial charge is 0.207 e. The van der Waals surface area contributed by atoms with Gasteiger partial charge in [0.25, 0.3) is 0 Å². The molecule has 0 saturated carbocycles. The zero-order valence-electron chi connectivity index (χ0n) is 12.7. The molecule has 2 rings (SSSR count). The summed E-state index contributed by atoms with van der Waals surface area (Å²) in [5.74, 6) is 0.254. The number of halogens is 1. The van der Waals surface area contributed by atoms with Crippen molar-refractivity contribution in [2.45, 2.75) is 20.3 Å². The number of hydrogen-bond acceptors (Lipinski definition) is 0. The summed E-state index contributed by atoms with van der Waals surface area (Å²) in [6.07, 6.45) is 2.84. The van der Waals surface area contributed by atoms with E-state index in [0.29, 0.717) is 11.5 Å². The lowest BCUT2D eigenvalue weighted by molar-refractivity contribution is 0.619. The summed E-state index contributed by atoms with van der Waals surface area (Å²) in [5.41, 5.74) is 4.81. The van der Waals surface area contributed by atoms with Crippen molar-refractivity contribution in [2.24, 2.45) is 5.92 Å². The standard InChI is InChI=1S/C20H21F/c1-5-14(2)12-16(4)17-8-10-18(11-9-17)19-7-6-15(3)20(21)13-19/h5-11,13-14H,1,4,12H2,2-3H3. The SMILES string of the molecule is C=CC(C)CC(=C)c1ccc(-c2ccc(C)c(F)c2)cc1. The van der Waals surface area contributed by atoms with Gasteiger partial charge < -0.3 is 0 Å². The Labute approximate surface area is 126 Å². The van der Waals surface area contributed by atoms with E-state index in [0.717, 1.165) is 28.7 Å². The fourth-order valence-electron chi connectivity index (χ4n) is 2.26. The first-order valence-corrected chi connectivity index (χ1v) is 7.18. The van der Waals surface area contributed by atoms with Crippen molar-refractivity contribution in [1.82, 2.24) is 0 Å². The van der Waals surface area contributed by atoms with E-state index in [1.807, 2.05) is 42.5 Å². The molecule has 0 saturated heterocycles. The zero-order chi connectivity index (χ0) is 15.4. The molecule has 2 aromatic rings. The normalized spacial score (nSPS) is 12.0. The number of benzene rings is 2. The van der Waals surface area contributed by atoms with Crippen molar-refractivity contribution in [3.8, 4) is 11.1 Å². The molecule has 1 unspecified atom stereocenters. The van der Waals surface area contributed by atoms with Gasteiger partial charge in [0.1, 0.15) is 5.82 Å². The van der Waals surface area contributed by atoms with E-state index in [1.165, 1.54) is 0 Å². The first kappa shape index (κ1) is 15.2. The quantitative estimate of drug-likeness (QED) is 0.587. The Balaban J connectivity index is 2.20. The van der Waals surface area contributed by atoms with Gasteiger partial charge in [0.2, 0.25) is 0 Å². The highest BCUT2D eigenvalue weighted by atomic mass is 19.1. The maximum atomic E-state index is 13.6. The molecule has 108 valence electrons. The van der Waals surface area contributed by atoms with Crippen LogP contribution in [-0.2, 0) is 0 Å². The molecule has 0 aliphatic carbocycles. The molecule has 0 amide bonds. The number of hydrogen-bond donors (Lipinski definition) is 0. The van der Waals surface area contributed by atoms with E-state index >= 15 is 0 Å². The minimum absolute atomic E-state index is 0.166. The average Bonchev–Trinajstić information content (AvgIpc) is 2.50. The molecule has 0 N–H and O–H groups in total. The summed E-state index contributed by atoms with van der Waals surface area (Å²) >= 11 is 0. The summed E-state index contributed by atoms with van der Waals surface area (Å²) in [6.45, 7) is 11.8. The van der Waals surface area contributed by atoms with Crippen LogP contribution >= 0.6 is 0 Å². The van der Waals surface area contributed by atoms with Gasteiger partial charge in [-0.15, -0.1) is 6.58 Å². The van der Waals surface area contributed by atoms with Gasteiger partial charge in [0.05, 0.1) is 0 Å². The Kier molecular flexibility index (Phi) is 4.74. The van der Waals surface area contributed by atoms with Crippen molar-refractivity contribution in [1.29, 1.82) is 0 Å². The Morgan fingerprint density at radius 3 is 2.33 bits per heavy atom. The van der Waals surface area contributed by atoms with Crippen molar-refractivity contribution in [3.63, 3.8) is 0 Å². The van der Waals surface area contributed by atoms with Gasteiger partial charge in [-0.25, -0.2) is 4.39 Å². The van der Waals surface area contributed by atoms with Gasteiger partial charge >= 0.3 is 0 Å². The zero-order valence-corrected chi connectivity index (χ0v) is 12.7. The summed E-state index contributed by atoms with van der Waals surface area (Å²) < 4.78 is 13.6. The molecule has 0 aliphatic rings. The van der Waals surface area contributed by atoms with Crippen LogP contribution in [-0.4, -0.2) is 0 Å². The molecule has 0 radical (unpaired) electrons. The highest BCUT2D eigenvalue weighted by Gasteiger charge is 2.05. The van der Waals surface area contributed by atoms with Crippen molar-refractivity contribution in [2.75, 3.05) is 0 Å². The fourth-order valence-corrected chi connectivity index (χ4v) is 2.26. The molecule has 0 aliphatic heterocycles. The monoisotopic (exact) mass is 280 g/mol. The van der Waals surface area contributed by atoms with Crippen LogP contribution in [0.1, 0.15) is 24.5 Å². The summed E-state index contributed by atoms with van der Waals surface area (Å²) in [7, 11) is 0. The van der Waals surface area contributed by atoms with E-state index in [2.05, 4.69) is 20.1 Å². The Bertz CT molecular complexity index is 650. The van der Waals surface area contributed by atoms with Gasteiger partial charge in [0.15, 0.2) is 0 Å². The summed E-state index contributed by atoms with van der Waals surface area (Å²) in [6, 6.07) is 13.5. The van der Waals surface area contributed by atoms with Crippen molar-refractivity contribution in [3.05, 3.63) is 78.6 Å². The number of allylic oxidation sites excluding steroid dienone is 2. The topological polar surface area (TPSA) is 0 Å². The third-order valence-electron chi connectivity index (χ3n) is 3.77. The van der Waals surface area contributed by atoms with Crippen molar-refractivity contribution >= 4 is 5.57 Å². The van der Waals surface area contributed by atoms with Crippen LogP contribution in [0.4, 0.5) is 4.39 Å². The first-order valence-electron chi connectivity index (χ1n) is 7.18. The molecule has 0 aromatic heterocycles. The van der Waals surface area contributed by atoms with E-state index in [9.17, 15) is 4.39 Å². The molecule has 0 nitrogen and oxygen atoms in total. The maximum Gasteiger partial charge on any atom is 0.126 e. The molecule has 0 spiro atoms. The van der Waals surface area contributed by atoms with Crippen molar-refractivity contribution < 1.29 is 4.39 Å². The summed E-state index contributed by atoms with van der Waals surface area (Å²) in [4.78, 5) is 0. The third-order valence-corrected chi connectivity index (χ3v) is 3.77. The summed E-state index contributed by atoms with van der Waals surface area (Å²) in [5, 5.41) is 0. The second-order valence-electron chi connectivity index (χ2n) is 5.56. The van der Waals surface area contributed by atoms with Crippen LogP contribution in [0.2, 0.25) is 0 Å². The second kappa shape index (κ2) is 6.53. The van der Waals surface area contributed by atoms with Crippen LogP contribution in [0.15, 0.2) is 61.7 Å². The molecule has 21 heavy (non-hydrogen) atoms. The third kappa shape index (κ3) is 3.69. The smallest absolute Gasteiger partial charge is 0.126 e. The molecular formula is C20H21F. The minimum Gasteiger partial charge on any atom is -0.207 e. The van der Waals surface area contributed by atoms with E-state index in [1.54, 1.807) is 13.0 Å². The van der Waals surface area contributed by atoms with Gasteiger partial charge in [-0.3, -0.25) is 0 Å². The molecule has 1 atom stereocenters. The highest BCUT2D eigenvalue weighted by molar-refractivity contribution is 5.69. The van der Waals surface area contributed by atoms with E-state index in [4.69, 9.17) is 0 Å². The Morgan fingerprint density at radius 2 is 1.76 bits per heavy atom. The lowest BCUT2D eigenvalue weighted by atomic mass is 9.95. The predicted molar refractivity (Wildman–Crippen MR) is 89.6 cm³/mol. The predicted octanol–water partition coefficient (Wildman–Crippen LogP) is 6.03. The molecule has 0 heterocycles. The Morgan fingerprint density at radius 1 is 1.14 bits per heavy atom. The molecule has 0 bridgehead atoms. The average molecular weight is 280 g/mol. The Hall–Kier alpha value is -2.15. The highest BCUT2D eigenvalue weighted by Crippen LogP contribution is 2.26. The number of rotatable bonds is 5. The molecule has 0 fully saturated rings. The molecule has 2 aromatic carbocycles. The van der Waals surface area contributed by atoms with E-state index in [-0.39, 0.29) is 5.82 Å². The minimum atomic E-state index is -0.166.